The lowest BCUT2D eigenvalue weighted by Crippen LogP contribution is -2.37. The van der Waals surface area contributed by atoms with E-state index in [0.29, 0.717) is 13.0 Å². The fourth-order valence-electron chi connectivity index (χ4n) is 2.59. The number of carbonyl (C=O) groups excluding carboxylic acids is 1. The van der Waals surface area contributed by atoms with E-state index in [1.807, 2.05) is 49.3 Å². The van der Waals surface area contributed by atoms with Gasteiger partial charge in [0.05, 0.1) is 4.90 Å². The van der Waals surface area contributed by atoms with E-state index in [4.69, 9.17) is 5.14 Å². The maximum absolute atomic E-state index is 12.5. The highest BCUT2D eigenvalue weighted by Gasteiger charge is 2.22. The maximum Gasteiger partial charge on any atom is 0.241 e. The van der Waals surface area contributed by atoms with Gasteiger partial charge in [-0.25, -0.2) is 13.6 Å². The summed E-state index contributed by atoms with van der Waals surface area (Å²) in [6.07, 6.45) is 0.603. The van der Waals surface area contributed by atoms with Gasteiger partial charge in [0.25, 0.3) is 0 Å². The lowest BCUT2D eigenvalue weighted by molar-refractivity contribution is -0.125. The molecule has 0 spiro atoms. The number of carbonyl (C=O) groups is 1. The van der Waals surface area contributed by atoms with E-state index in [0.717, 1.165) is 11.1 Å². The number of hydrogen-bond acceptors (Lipinski definition) is 4. The fourth-order valence-corrected chi connectivity index (χ4v) is 3.11. The summed E-state index contributed by atoms with van der Waals surface area (Å²) in [7, 11) is 0.0484. The first-order chi connectivity index (χ1) is 11.8. The minimum atomic E-state index is -3.68. The van der Waals surface area contributed by atoms with E-state index in [2.05, 4.69) is 5.32 Å². The molecule has 1 amide bonds. The Bertz CT molecular complexity index is 803. The second-order valence-electron chi connectivity index (χ2n) is 6.01. The van der Waals surface area contributed by atoms with Crippen molar-refractivity contribution < 1.29 is 13.2 Å². The van der Waals surface area contributed by atoms with Gasteiger partial charge in [-0.2, -0.15) is 0 Å². The minimum Gasteiger partial charge on any atom is -0.354 e. The first-order valence-corrected chi connectivity index (χ1v) is 9.44. The number of nitrogens with one attached hydrogen (secondary N) is 1. The predicted molar refractivity (Wildman–Crippen MR) is 97.4 cm³/mol. The first kappa shape index (κ1) is 19.1. The van der Waals surface area contributed by atoms with Crippen molar-refractivity contribution >= 4 is 15.9 Å². The van der Waals surface area contributed by atoms with Crippen LogP contribution in [0.1, 0.15) is 17.2 Å². The average molecular weight is 361 g/mol. The lowest BCUT2D eigenvalue weighted by atomic mass is 10.1. The molecular formula is C18H23N3O3S. The van der Waals surface area contributed by atoms with E-state index >= 15 is 0 Å². The summed E-state index contributed by atoms with van der Waals surface area (Å²) < 4.78 is 22.5. The SMILES string of the molecule is CN(C)C(C(=O)NCCc1ccc(S(N)(=O)=O)cc1)c1ccccc1. The molecule has 0 fully saturated rings. The number of hydrogen-bond donors (Lipinski definition) is 2. The number of amides is 1. The molecule has 2 aromatic rings. The molecule has 2 aromatic carbocycles. The number of nitrogens with two attached hydrogens (primary N) is 1. The van der Waals surface area contributed by atoms with Crippen LogP contribution in [-0.2, 0) is 21.2 Å². The monoisotopic (exact) mass is 361 g/mol. The molecule has 0 bridgehead atoms. The molecule has 0 aliphatic heterocycles. The standard InChI is InChI=1S/C18H23N3O3S/c1-21(2)17(15-6-4-3-5-7-15)18(22)20-13-12-14-8-10-16(11-9-14)25(19,23)24/h3-11,17H,12-13H2,1-2H3,(H,20,22)(H2,19,23,24). The Labute approximate surface area is 148 Å². The van der Waals surface area contributed by atoms with Crippen molar-refractivity contribution in [2.45, 2.75) is 17.4 Å². The van der Waals surface area contributed by atoms with Gasteiger partial charge >= 0.3 is 0 Å². The van der Waals surface area contributed by atoms with Crippen LogP contribution >= 0.6 is 0 Å². The van der Waals surface area contributed by atoms with Crippen molar-refractivity contribution in [3.63, 3.8) is 0 Å². The van der Waals surface area contributed by atoms with Gasteiger partial charge in [-0.3, -0.25) is 9.69 Å². The van der Waals surface area contributed by atoms with Crippen LogP contribution in [0.25, 0.3) is 0 Å². The Balaban J connectivity index is 1.95. The lowest BCUT2D eigenvalue weighted by Gasteiger charge is -2.23. The molecule has 0 aromatic heterocycles. The summed E-state index contributed by atoms with van der Waals surface area (Å²) in [5.41, 5.74) is 1.86. The second kappa shape index (κ2) is 8.24. The zero-order valence-corrected chi connectivity index (χ0v) is 15.2. The number of likely N-dealkylation sites (N-methyl/N-ethyl adjacent to an activating group) is 1. The van der Waals surface area contributed by atoms with Crippen molar-refractivity contribution in [3.8, 4) is 0 Å². The molecule has 2 rings (SSSR count). The van der Waals surface area contributed by atoms with Crippen molar-refractivity contribution in [2.75, 3.05) is 20.6 Å². The Kier molecular flexibility index (Phi) is 6.30. The van der Waals surface area contributed by atoms with E-state index < -0.39 is 10.0 Å². The summed E-state index contributed by atoms with van der Waals surface area (Å²) in [6, 6.07) is 15.6. The molecule has 0 radical (unpaired) electrons. The van der Waals surface area contributed by atoms with Gasteiger partial charge in [0.2, 0.25) is 15.9 Å². The summed E-state index contributed by atoms with van der Waals surface area (Å²) >= 11 is 0. The predicted octanol–water partition coefficient (Wildman–Crippen LogP) is 1.30. The van der Waals surface area contributed by atoms with Crippen molar-refractivity contribution in [3.05, 3.63) is 65.7 Å². The van der Waals surface area contributed by atoms with E-state index in [1.165, 1.54) is 12.1 Å². The van der Waals surface area contributed by atoms with Gasteiger partial charge in [0, 0.05) is 6.54 Å². The summed E-state index contributed by atoms with van der Waals surface area (Å²) in [5.74, 6) is -0.0719. The number of sulfonamides is 1. The van der Waals surface area contributed by atoms with Gasteiger partial charge in [0.15, 0.2) is 0 Å². The van der Waals surface area contributed by atoms with Crippen LogP contribution in [-0.4, -0.2) is 39.9 Å². The Morgan fingerprint density at radius 1 is 1.08 bits per heavy atom. The molecule has 7 heteroatoms. The molecule has 0 aliphatic rings. The fraction of sp³-hybridized carbons (Fsp3) is 0.278. The largest absolute Gasteiger partial charge is 0.354 e. The van der Waals surface area contributed by atoms with E-state index in [9.17, 15) is 13.2 Å². The molecule has 0 saturated carbocycles. The summed E-state index contributed by atoms with van der Waals surface area (Å²) in [5, 5.41) is 8.01. The maximum atomic E-state index is 12.5. The van der Waals surface area contributed by atoms with Crippen molar-refractivity contribution in [1.82, 2.24) is 10.2 Å². The molecule has 0 saturated heterocycles. The minimum absolute atomic E-state index is 0.0719. The molecule has 0 aliphatic carbocycles. The van der Waals surface area contributed by atoms with Gasteiger partial charge in [-0.05, 0) is 43.8 Å². The van der Waals surface area contributed by atoms with Gasteiger partial charge in [-0.15, -0.1) is 0 Å². The molecule has 1 atom stereocenters. The topological polar surface area (TPSA) is 92.5 Å². The molecule has 6 nitrogen and oxygen atoms in total. The van der Waals surface area contributed by atoms with E-state index in [-0.39, 0.29) is 16.8 Å². The normalized spacial score (nSPS) is 12.8. The highest BCUT2D eigenvalue weighted by Crippen LogP contribution is 2.18. The van der Waals surface area contributed by atoms with Gasteiger partial charge < -0.3 is 5.32 Å². The Morgan fingerprint density at radius 2 is 1.68 bits per heavy atom. The van der Waals surface area contributed by atoms with Crippen LogP contribution in [0.2, 0.25) is 0 Å². The van der Waals surface area contributed by atoms with Crippen LogP contribution in [0, 0.1) is 0 Å². The quantitative estimate of drug-likeness (QED) is 0.777. The molecule has 134 valence electrons. The van der Waals surface area contributed by atoms with Crippen LogP contribution in [0.5, 0.6) is 0 Å². The first-order valence-electron chi connectivity index (χ1n) is 7.90. The molecule has 1 unspecified atom stereocenters. The zero-order chi connectivity index (χ0) is 18.4. The van der Waals surface area contributed by atoms with Gasteiger partial charge in [0.1, 0.15) is 6.04 Å². The highest BCUT2D eigenvalue weighted by atomic mass is 32.2. The summed E-state index contributed by atoms with van der Waals surface area (Å²) in [4.78, 5) is 14.5. The van der Waals surface area contributed by atoms with Gasteiger partial charge in [-0.1, -0.05) is 42.5 Å². The smallest absolute Gasteiger partial charge is 0.241 e. The molecule has 25 heavy (non-hydrogen) atoms. The van der Waals surface area contributed by atoms with Crippen LogP contribution in [0.15, 0.2) is 59.5 Å². The van der Waals surface area contributed by atoms with Crippen molar-refractivity contribution in [1.29, 1.82) is 0 Å². The highest BCUT2D eigenvalue weighted by molar-refractivity contribution is 7.89. The molecule has 0 heterocycles. The number of rotatable bonds is 7. The summed E-state index contributed by atoms with van der Waals surface area (Å²) in [6.45, 7) is 0.463. The van der Waals surface area contributed by atoms with Crippen LogP contribution in [0.3, 0.4) is 0 Å². The number of primary sulfonamides is 1. The van der Waals surface area contributed by atoms with E-state index in [1.54, 1.807) is 12.1 Å². The third-order valence-electron chi connectivity index (χ3n) is 3.84. The molecular weight excluding hydrogens is 338 g/mol. The van der Waals surface area contributed by atoms with Crippen LogP contribution in [0.4, 0.5) is 0 Å². The average Bonchev–Trinajstić information content (AvgIpc) is 2.55. The third kappa shape index (κ3) is 5.38. The number of nitrogens with zero attached hydrogens (tertiary/aromatic N) is 1. The van der Waals surface area contributed by atoms with Crippen LogP contribution < -0.4 is 10.5 Å². The van der Waals surface area contributed by atoms with Crippen molar-refractivity contribution in [2.24, 2.45) is 5.14 Å². The molecule has 3 N–H and O–H groups in total. The third-order valence-corrected chi connectivity index (χ3v) is 4.77. The zero-order valence-electron chi connectivity index (χ0n) is 14.3. The Morgan fingerprint density at radius 3 is 2.20 bits per heavy atom. The number of benzene rings is 2. The second-order valence-corrected chi connectivity index (χ2v) is 7.57. The Hall–Kier alpha value is -2.22.